The number of alkyl carbamates (subject to hydrolysis) is 1. The SMILES string of the molecule is COc1ccccc1CN(C)C(=O)CN1CCC(C(C)NC(=O)OC(C)(C)C)C1. The van der Waals surface area contributed by atoms with Crippen LogP contribution in [0.2, 0.25) is 0 Å². The van der Waals surface area contributed by atoms with Crippen LogP contribution >= 0.6 is 0 Å². The molecule has 2 amide bonds. The van der Waals surface area contributed by atoms with E-state index >= 15 is 0 Å². The maximum absolute atomic E-state index is 12.7. The van der Waals surface area contributed by atoms with Crippen molar-refractivity contribution in [2.75, 3.05) is 33.8 Å². The summed E-state index contributed by atoms with van der Waals surface area (Å²) in [6.07, 6.45) is 0.552. The minimum Gasteiger partial charge on any atom is -0.496 e. The van der Waals surface area contributed by atoms with Gasteiger partial charge in [-0.15, -0.1) is 0 Å². The minimum absolute atomic E-state index is 0.00346. The van der Waals surface area contributed by atoms with Crippen molar-refractivity contribution in [2.45, 2.75) is 52.3 Å². The third-order valence-corrected chi connectivity index (χ3v) is 5.14. The second kappa shape index (κ2) is 9.96. The summed E-state index contributed by atoms with van der Waals surface area (Å²) in [6.45, 7) is 10.1. The quantitative estimate of drug-likeness (QED) is 0.755. The van der Waals surface area contributed by atoms with E-state index < -0.39 is 11.7 Å². The molecule has 2 rings (SSSR count). The molecule has 2 atom stereocenters. The summed E-state index contributed by atoms with van der Waals surface area (Å²) in [4.78, 5) is 28.5. The molecule has 0 spiro atoms. The van der Waals surface area contributed by atoms with Crippen LogP contribution in [0.5, 0.6) is 5.75 Å². The zero-order valence-electron chi connectivity index (χ0n) is 18.5. The molecule has 7 heteroatoms. The molecule has 7 nitrogen and oxygen atoms in total. The molecule has 0 bridgehead atoms. The highest BCUT2D eigenvalue weighted by Gasteiger charge is 2.30. The highest BCUT2D eigenvalue weighted by Crippen LogP contribution is 2.21. The van der Waals surface area contributed by atoms with Crippen LogP contribution in [0.3, 0.4) is 0 Å². The summed E-state index contributed by atoms with van der Waals surface area (Å²) in [5.41, 5.74) is 0.476. The van der Waals surface area contributed by atoms with Gasteiger partial charge in [-0.2, -0.15) is 0 Å². The van der Waals surface area contributed by atoms with Crippen LogP contribution in [-0.4, -0.2) is 67.2 Å². The molecule has 1 fully saturated rings. The number of hydrogen-bond acceptors (Lipinski definition) is 5. The summed E-state index contributed by atoms with van der Waals surface area (Å²) in [5, 5.41) is 2.92. The van der Waals surface area contributed by atoms with Crippen molar-refractivity contribution in [3.05, 3.63) is 29.8 Å². The van der Waals surface area contributed by atoms with Gasteiger partial charge in [-0.1, -0.05) is 18.2 Å². The molecule has 29 heavy (non-hydrogen) atoms. The van der Waals surface area contributed by atoms with E-state index in [4.69, 9.17) is 9.47 Å². The number of benzene rings is 1. The van der Waals surface area contributed by atoms with Gasteiger partial charge >= 0.3 is 6.09 Å². The predicted molar refractivity (Wildman–Crippen MR) is 113 cm³/mol. The smallest absolute Gasteiger partial charge is 0.407 e. The lowest BCUT2D eigenvalue weighted by Gasteiger charge is -2.25. The monoisotopic (exact) mass is 405 g/mol. The molecule has 162 valence electrons. The molecule has 1 N–H and O–H groups in total. The highest BCUT2D eigenvalue weighted by atomic mass is 16.6. The van der Waals surface area contributed by atoms with Crippen molar-refractivity contribution in [1.82, 2.24) is 15.1 Å². The van der Waals surface area contributed by atoms with Crippen LogP contribution in [0.25, 0.3) is 0 Å². The number of likely N-dealkylation sites (N-methyl/N-ethyl adjacent to an activating group) is 1. The first-order valence-electron chi connectivity index (χ1n) is 10.2. The van der Waals surface area contributed by atoms with Gasteiger partial charge in [0.1, 0.15) is 11.4 Å². The average Bonchev–Trinajstić information content (AvgIpc) is 3.09. The number of para-hydroxylation sites is 1. The van der Waals surface area contributed by atoms with E-state index in [-0.39, 0.29) is 11.9 Å². The van der Waals surface area contributed by atoms with E-state index in [9.17, 15) is 9.59 Å². The Hall–Kier alpha value is -2.28. The standard InChI is InChI=1S/C22H35N3O4/c1-16(23-21(27)29-22(2,3)4)17-11-12-25(14-17)15-20(26)24(5)13-18-9-7-8-10-19(18)28-6/h7-10,16-17H,11-15H2,1-6H3,(H,23,27). The average molecular weight is 406 g/mol. The van der Waals surface area contributed by atoms with Gasteiger partial charge in [0.05, 0.1) is 13.7 Å². The molecule has 0 aromatic heterocycles. The van der Waals surface area contributed by atoms with E-state index in [1.807, 2.05) is 59.0 Å². The minimum atomic E-state index is -0.510. The number of ether oxygens (including phenoxy) is 2. The van der Waals surface area contributed by atoms with E-state index in [1.54, 1.807) is 12.0 Å². The highest BCUT2D eigenvalue weighted by molar-refractivity contribution is 5.78. The first-order chi connectivity index (χ1) is 13.6. The predicted octanol–water partition coefficient (Wildman–Crippen LogP) is 2.89. The van der Waals surface area contributed by atoms with E-state index in [0.717, 1.165) is 30.8 Å². The lowest BCUT2D eigenvalue weighted by atomic mass is 10.0. The lowest BCUT2D eigenvalue weighted by molar-refractivity contribution is -0.131. The third kappa shape index (κ3) is 7.24. The van der Waals surface area contributed by atoms with Gasteiger partial charge in [0, 0.05) is 31.7 Å². The third-order valence-electron chi connectivity index (χ3n) is 5.14. The fourth-order valence-electron chi connectivity index (χ4n) is 3.51. The van der Waals surface area contributed by atoms with Crippen LogP contribution in [0, 0.1) is 5.92 Å². The normalized spacial score (nSPS) is 18.2. The van der Waals surface area contributed by atoms with Gasteiger partial charge in [-0.05, 0) is 52.6 Å². The van der Waals surface area contributed by atoms with Crippen LogP contribution in [-0.2, 0) is 16.1 Å². The lowest BCUT2D eigenvalue weighted by Crippen LogP contribution is -2.43. The fourth-order valence-corrected chi connectivity index (χ4v) is 3.51. The van der Waals surface area contributed by atoms with Crippen LogP contribution in [0.1, 0.15) is 39.7 Å². The van der Waals surface area contributed by atoms with Crippen molar-refractivity contribution < 1.29 is 19.1 Å². The summed E-state index contributed by atoms with van der Waals surface area (Å²) >= 11 is 0. The number of nitrogens with one attached hydrogen (secondary N) is 1. The van der Waals surface area contributed by atoms with Crippen molar-refractivity contribution in [2.24, 2.45) is 5.92 Å². The van der Waals surface area contributed by atoms with Gasteiger partial charge in [0.25, 0.3) is 0 Å². The van der Waals surface area contributed by atoms with Crippen LogP contribution < -0.4 is 10.1 Å². The summed E-state index contributed by atoms with van der Waals surface area (Å²) in [6, 6.07) is 7.73. The Kier molecular flexibility index (Phi) is 7.90. The summed E-state index contributed by atoms with van der Waals surface area (Å²) in [5.74, 6) is 1.16. The maximum atomic E-state index is 12.7. The number of carbonyl (C=O) groups excluding carboxylic acids is 2. The maximum Gasteiger partial charge on any atom is 0.407 e. The van der Waals surface area contributed by atoms with Gasteiger partial charge in [0.15, 0.2) is 0 Å². The number of amides is 2. The fraction of sp³-hybridized carbons (Fsp3) is 0.636. The topological polar surface area (TPSA) is 71.1 Å². The number of methoxy groups -OCH3 is 1. The molecule has 1 heterocycles. The molecule has 1 saturated heterocycles. The van der Waals surface area contributed by atoms with Crippen molar-refractivity contribution >= 4 is 12.0 Å². The van der Waals surface area contributed by atoms with Crippen molar-refractivity contribution in [1.29, 1.82) is 0 Å². The molecule has 1 aliphatic heterocycles. The van der Waals surface area contributed by atoms with Gasteiger partial charge < -0.3 is 19.7 Å². The molecule has 1 aromatic rings. The molecule has 0 saturated carbocycles. The molecule has 0 aliphatic carbocycles. The van der Waals surface area contributed by atoms with Crippen LogP contribution in [0.15, 0.2) is 24.3 Å². The largest absolute Gasteiger partial charge is 0.496 e. The number of hydrogen-bond donors (Lipinski definition) is 1. The Morgan fingerprint density at radius 3 is 2.66 bits per heavy atom. The molecule has 1 aromatic carbocycles. The van der Waals surface area contributed by atoms with Crippen molar-refractivity contribution in [3.8, 4) is 5.75 Å². The van der Waals surface area contributed by atoms with Gasteiger partial charge in [0.2, 0.25) is 5.91 Å². The molecular weight excluding hydrogens is 370 g/mol. The van der Waals surface area contributed by atoms with Gasteiger partial charge in [-0.3, -0.25) is 9.69 Å². The second-order valence-corrected chi connectivity index (χ2v) is 8.78. The van der Waals surface area contributed by atoms with Crippen molar-refractivity contribution in [3.63, 3.8) is 0 Å². The Labute approximate surface area is 174 Å². The Morgan fingerprint density at radius 2 is 2.00 bits per heavy atom. The molecule has 0 radical (unpaired) electrons. The number of nitrogens with zero attached hydrogens (tertiary/aromatic N) is 2. The number of carbonyl (C=O) groups is 2. The van der Waals surface area contributed by atoms with Crippen LogP contribution in [0.4, 0.5) is 4.79 Å². The second-order valence-electron chi connectivity index (χ2n) is 8.78. The Bertz CT molecular complexity index is 702. The zero-order valence-corrected chi connectivity index (χ0v) is 18.5. The molecular formula is C22H35N3O4. The zero-order chi connectivity index (χ0) is 21.6. The molecule has 2 unspecified atom stereocenters. The Morgan fingerprint density at radius 1 is 1.31 bits per heavy atom. The van der Waals surface area contributed by atoms with E-state index in [1.165, 1.54) is 0 Å². The summed E-state index contributed by atoms with van der Waals surface area (Å²) < 4.78 is 10.7. The van der Waals surface area contributed by atoms with E-state index in [2.05, 4.69) is 10.2 Å². The molecule has 1 aliphatic rings. The summed E-state index contributed by atoms with van der Waals surface area (Å²) in [7, 11) is 3.45. The number of rotatable bonds is 7. The van der Waals surface area contributed by atoms with Gasteiger partial charge in [-0.25, -0.2) is 4.79 Å². The first kappa shape index (κ1) is 23.0. The Balaban J connectivity index is 1.81. The first-order valence-corrected chi connectivity index (χ1v) is 10.2. The van der Waals surface area contributed by atoms with E-state index in [0.29, 0.717) is 19.0 Å². The number of likely N-dealkylation sites (tertiary alicyclic amines) is 1.